The van der Waals surface area contributed by atoms with Crippen LogP contribution in [0.1, 0.15) is 18.4 Å². The minimum absolute atomic E-state index is 0.114. The minimum Gasteiger partial charge on any atom is -0.326 e. The normalized spacial score (nSPS) is 16.4. The summed E-state index contributed by atoms with van der Waals surface area (Å²) in [5.41, 5.74) is 1.83. The zero-order chi connectivity index (χ0) is 18.7. The zero-order valence-corrected chi connectivity index (χ0v) is 15.3. The molecule has 0 spiro atoms. The van der Waals surface area contributed by atoms with Crippen LogP contribution in [0.5, 0.6) is 0 Å². The van der Waals surface area contributed by atoms with E-state index >= 15 is 0 Å². The lowest BCUT2D eigenvalue weighted by molar-refractivity contribution is -0.120. The number of nitrogens with zero attached hydrogens (tertiary/aromatic N) is 1. The molecule has 1 N–H and O–H groups in total. The summed E-state index contributed by atoms with van der Waals surface area (Å²) >= 11 is 0. The number of halogens is 1. The lowest BCUT2D eigenvalue weighted by Gasteiger charge is -2.30. The second-order valence-electron chi connectivity index (χ2n) is 6.46. The SMILES string of the molecule is Cc1ccc(NC(=O)C2CCN(S(=O)(=O)c3ccccc3F)CC2)cc1. The van der Waals surface area contributed by atoms with Crippen molar-refractivity contribution in [2.75, 3.05) is 18.4 Å². The first kappa shape index (κ1) is 18.5. The first-order valence-corrected chi connectivity index (χ1v) is 9.94. The molecular weight excluding hydrogens is 355 g/mol. The number of carbonyl (C=O) groups excluding carboxylic acids is 1. The van der Waals surface area contributed by atoms with Crippen molar-refractivity contribution in [3.63, 3.8) is 0 Å². The van der Waals surface area contributed by atoms with Crippen molar-refractivity contribution in [1.82, 2.24) is 4.31 Å². The zero-order valence-electron chi connectivity index (χ0n) is 14.5. The van der Waals surface area contributed by atoms with E-state index in [1.807, 2.05) is 31.2 Å². The van der Waals surface area contributed by atoms with Crippen molar-refractivity contribution in [3.05, 3.63) is 59.9 Å². The fourth-order valence-electron chi connectivity index (χ4n) is 3.03. The number of hydrogen-bond donors (Lipinski definition) is 1. The van der Waals surface area contributed by atoms with Crippen LogP contribution in [-0.2, 0) is 14.8 Å². The molecule has 0 saturated carbocycles. The summed E-state index contributed by atoms with van der Waals surface area (Å²) < 4.78 is 40.3. The molecule has 7 heteroatoms. The highest BCUT2D eigenvalue weighted by molar-refractivity contribution is 7.89. The number of hydrogen-bond acceptors (Lipinski definition) is 3. The van der Waals surface area contributed by atoms with Gasteiger partial charge in [0.05, 0.1) is 0 Å². The lowest BCUT2D eigenvalue weighted by atomic mass is 9.97. The van der Waals surface area contributed by atoms with Crippen LogP contribution in [0.15, 0.2) is 53.4 Å². The number of anilines is 1. The number of amides is 1. The molecule has 0 atom stereocenters. The number of carbonyl (C=O) groups is 1. The Kier molecular flexibility index (Phi) is 5.38. The highest BCUT2D eigenvalue weighted by Gasteiger charge is 2.33. The Balaban J connectivity index is 1.62. The molecule has 1 aliphatic heterocycles. The van der Waals surface area contributed by atoms with Crippen LogP contribution in [0, 0.1) is 18.7 Å². The number of benzene rings is 2. The number of rotatable bonds is 4. The van der Waals surface area contributed by atoms with Crippen LogP contribution in [0.25, 0.3) is 0 Å². The van der Waals surface area contributed by atoms with E-state index < -0.39 is 15.8 Å². The van der Waals surface area contributed by atoms with E-state index in [1.54, 1.807) is 0 Å². The topological polar surface area (TPSA) is 66.5 Å². The molecule has 0 radical (unpaired) electrons. The van der Waals surface area contributed by atoms with Crippen molar-refractivity contribution < 1.29 is 17.6 Å². The maximum atomic E-state index is 13.8. The van der Waals surface area contributed by atoms with E-state index in [0.717, 1.165) is 17.3 Å². The summed E-state index contributed by atoms with van der Waals surface area (Å²) in [6.07, 6.45) is 0.816. The first-order valence-electron chi connectivity index (χ1n) is 8.50. The second-order valence-corrected chi connectivity index (χ2v) is 8.37. The van der Waals surface area contributed by atoms with Gasteiger partial charge >= 0.3 is 0 Å². The Labute approximate surface area is 152 Å². The molecule has 1 aliphatic rings. The molecule has 26 heavy (non-hydrogen) atoms. The molecule has 1 amide bonds. The molecule has 1 fully saturated rings. The Bertz CT molecular complexity index is 889. The molecule has 3 rings (SSSR count). The van der Waals surface area contributed by atoms with Gasteiger partial charge in [-0.1, -0.05) is 29.8 Å². The second kappa shape index (κ2) is 7.55. The summed E-state index contributed by atoms with van der Waals surface area (Å²) in [5, 5.41) is 2.87. The van der Waals surface area contributed by atoms with E-state index in [9.17, 15) is 17.6 Å². The molecule has 0 bridgehead atoms. The van der Waals surface area contributed by atoms with Crippen molar-refractivity contribution in [3.8, 4) is 0 Å². The highest BCUT2D eigenvalue weighted by Crippen LogP contribution is 2.26. The van der Waals surface area contributed by atoms with E-state index in [0.29, 0.717) is 12.8 Å². The monoisotopic (exact) mass is 376 g/mol. The molecule has 1 saturated heterocycles. The Hall–Kier alpha value is -2.25. The largest absolute Gasteiger partial charge is 0.326 e. The van der Waals surface area contributed by atoms with Crippen LogP contribution < -0.4 is 5.32 Å². The number of piperidine rings is 1. The van der Waals surface area contributed by atoms with Crippen LogP contribution in [0.3, 0.4) is 0 Å². The first-order chi connectivity index (χ1) is 12.4. The molecule has 0 aromatic heterocycles. The van der Waals surface area contributed by atoms with Gasteiger partial charge in [-0.05, 0) is 44.0 Å². The molecule has 2 aromatic carbocycles. The van der Waals surface area contributed by atoms with Gasteiger partial charge in [-0.2, -0.15) is 4.31 Å². The van der Waals surface area contributed by atoms with Gasteiger partial charge < -0.3 is 5.32 Å². The van der Waals surface area contributed by atoms with Crippen molar-refractivity contribution >= 4 is 21.6 Å². The molecular formula is C19H21FN2O3S. The standard InChI is InChI=1S/C19H21FN2O3S/c1-14-6-8-16(9-7-14)21-19(23)15-10-12-22(13-11-15)26(24,25)18-5-3-2-4-17(18)20/h2-9,15H,10-13H2,1H3,(H,21,23). The third kappa shape index (κ3) is 3.94. The van der Waals surface area contributed by atoms with Gasteiger partial charge in [0.15, 0.2) is 0 Å². The molecule has 138 valence electrons. The predicted molar refractivity (Wildman–Crippen MR) is 97.7 cm³/mol. The average molecular weight is 376 g/mol. The minimum atomic E-state index is -3.88. The van der Waals surface area contributed by atoms with E-state index in [-0.39, 0.29) is 29.8 Å². The van der Waals surface area contributed by atoms with E-state index in [1.165, 1.54) is 22.5 Å². The van der Waals surface area contributed by atoms with Gasteiger partial charge in [0.25, 0.3) is 0 Å². The third-order valence-electron chi connectivity index (χ3n) is 4.60. The van der Waals surface area contributed by atoms with Gasteiger partial charge in [-0.25, -0.2) is 12.8 Å². The number of nitrogens with one attached hydrogen (secondary N) is 1. The van der Waals surface area contributed by atoms with Crippen molar-refractivity contribution in [2.45, 2.75) is 24.7 Å². The molecule has 2 aromatic rings. The van der Waals surface area contributed by atoms with Crippen molar-refractivity contribution in [1.29, 1.82) is 0 Å². The Morgan fingerprint density at radius 2 is 1.69 bits per heavy atom. The molecule has 0 aliphatic carbocycles. The fourth-order valence-corrected chi connectivity index (χ4v) is 4.57. The van der Waals surface area contributed by atoms with Crippen molar-refractivity contribution in [2.24, 2.45) is 5.92 Å². The molecule has 1 heterocycles. The average Bonchev–Trinajstić information content (AvgIpc) is 2.64. The summed E-state index contributed by atoms with van der Waals surface area (Å²) in [7, 11) is -3.88. The van der Waals surface area contributed by atoms with Gasteiger partial charge in [0.1, 0.15) is 10.7 Å². The van der Waals surface area contributed by atoms with Crippen LogP contribution >= 0.6 is 0 Å². The summed E-state index contributed by atoms with van der Waals surface area (Å²) in [6.45, 7) is 2.36. The number of sulfonamides is 1. The maximum absolute atomic E-state index is 13.8. The number of aryl methyl sites for hydroxylation is 1. The van der Waals surface area contributed by atoms with E-state index in [2.05, 4.69) is 5.32 Å². The third-order valence-corrected chi connectivity index (χ3v) is 6.53. The van der Waals surface area contributed by atoms with Crippen LogP contribution in [-0.4, -0.2) is 31.7 Å². The van der Waals surface area contributed by atoms with Gasteiger partial charge in [-0.3, -0.25) is 4.79 Å². The summed E-state index contributed by atoms with van der Waals surface area (Å²) in [6, 6.07) is 12.9. The van der Waals surface area contributed by atoms with Crippen LogP contribution in [0.4, 0.5) is 10.1 Å². The Morgan fingerprint density at radius 3 is 2.31 bits per heavy atom. The smallest absolute Gasteiger partial charge is 0.245 e. The fraction of sp³-hybridized carbons (Fsp3) is 0.316. The highest BCUT2D eigenvalue weighted by atomic mass is 32.2. The van der Waals surface area contributed by atoms with Crippen LogP contribution in [0.2, 0.25) is 0 Å². The lowest BCUT2D eigenvalue weighted by Crippen LogP contribution is -2.41. The quantitative estimate of drug-likeness (QED) is 0.891. The maximum Gasteiger partial charge on any atom is 0.245 e. The summed E-state index contributed by atoms with van der Waals surface area (Å²) in [5.74, 6) is -1.13. The molecule has 0 unspecified atom stereocenters. The summed E-state index contributed by atoms with van der Waals surface area (Å²) in [4.78, 5) is 12.1. The van der Waals surface area contributed by atoms with Gasteiger partial charge in [0.2, 0.25) is 15.9 Å². The van der Waals surface area contributed by atoms with E-state index in [4.69, 9.17) is 0 Å². The predicted octanol–water partition coefficient (Wildman–Crippen LogP) is 3.17. The van der Waals surface area contributed by atoms with Gasteiger partial charge in [-0.15, -0.1) is 0 Å². The molecule has 5 nitrogen and oxygen atoms in total. The van der Waals surface area contributed by atoms with Gasteiger partial charge in [0, 0.05) is 24.7 Å². The Morgan fingerprint density at radius 1 is 1.08 bits per heavy atom.